The van der Waals surface area contributed by atoms with E-state index >= 15 is 0 Å². The van der Waals surface area contributed by atoms with Crippen LogP contribution in [0.25, 0.3) is 0 Å². The Hall–Kier alpha value is -2.05. The van der Waals surface area contributed by atoms with Crippen LogP contribution in [0.2, 0.25) is 0 Å². The first-order valence-electron chi connectivity index (χ1n) is 9.37. The molecule has 0 N–H and O–H groups in total. The Morgan fingerprint density at radius 2 is 2.08 bits per heavy atom. The second-order valence-electron chi connectivity index (χ2n) is 7.53. The van der Waals surface area contributed by atoms with E-state index in [1.54, 1.807) is 12.4 Å². The first kappa shape index (κ1) is 17.4. The molecule has 2 aromatic rings. The number of aromatic nitrogens is 3. The Kier molecular flexibility index (Phi) is 5.13. The molecule has 0 saturated carbocycles. The highest BCUT2D eigenvalue weighted by Crippen LogP contribution is 2.38. The highest BCUT2D eigenvalue weighted by atomic mass is 16.5. The van der Waals surface area contributed by atoms with Gasteiger partial charge < -0.3 is 9.47 Å². The molecule has 6 heteroatoms. The predicted molar refractivity (Wildman–Crippen MR) is 97.8 cm³/mol. The van der Waals surface area contributed by atoms with E-state index in [1.807, 2.05) is 19.3 Å². The quantitative estimate of drug-likeness (QED) is 0.795. The minimum Gasteiger partial charge on any atom is -0.477 e. The zero-order valence-electron chi connectivity index (χ0n) is 15.3. The molecule has 26 heavy (non-hydrogen) atoms. The highest BCUT2D eigenvalue weighted by molar-refractivity contribution is 5.12. The Balaban J connectivity index is 1.22. The number of hydrogen-bond donors (Lipinski definition) is 0. The van der Waals surface area contributed by atoms with Gasteiger partial charge in [-0.2, -0.15) is 0 Å². The summed E-state index contributed by atoms with van der Waals surface area (Å²) in [5.74, 6) is 1.28. The smallest absolute Gasteiger partial charge is 0.232 e. The largest absolute Gasteiger partial charge is 0.477 e. The Bertz CT molecular complexity index is 719. The van der Waals surface area contributed by atoms with Crippen LogP contribution in [-0.2, 0) is 11.3 Å². The molecule has 2 aliphatic heterocycles. The van der Waals surface area contributed by atoms with E-state index in [0.717, 1.165) is 51.2 Å². The molecule has 1 spiro atoms. The van der Waals surface area contributed by atoms with E-state index in [1.165, 1.54) is 5.56 Å². The fraction of sp³-hybridized carbons (Fsp3) is 0.550. The number of likely N-dealkylation sites (tertiary alicyclic amines) is 1. The topological polar surface area (TPSA) is 60.4 Å². The number of nitrogens with zero attached hydrogens (tertiary/aromatic N) is 4. The third-order valence-corrected chi connectivity index (χ3v) is 5.28. The maximum absolute atomic E-state index is 6.16. The lowest BCUT2D eigenvalue weighted by Gasteiger charge is -2.53. The average molecular weight is 354 g/mol. The number of aryl methyl sites for hydroxylation is 1. The average Bonchev–Trinajstić information content (AvgIpc) is 2.62. The van der Waals surface area contributed by atoms with Gasteiger partial charge in [-0.1, -0.05) is 0 Å². The van der Waals surface area contributed by atoms with Crippen molar-refractivity contribution in [3.8, 4) is 5.88 Å². The zero-order chi connectivity index (χ0) is 17.8. The van der Waals surface area contributed by atoms with Crippen LogP contribution in [0.1, 0.15) is 30.5 Å². The number of rotatable bonds is 6. The first-order chi connectivity index (χ1) is 12.7. The maximum Gasteiger partial charge on any atom is 0.232 e. The van der Waals surface area contributed by atoms with Gasteiger partial charge >= 0.3 is 0 Å². The molecule has 0 aliphatic carbocycles. The van der Waals surface area contributed by atoms with Gasteiger partial charge in [-0.25, -0.2) is 4.98 Å². The molecule has 1 atom stereocenters. The Morgan fingerprint density at radius 1 is 1.23 bits per heavy atom. The third-order valence-electron chi connectivity index (χ3n) is 5.28. The summed E-state index contributed by atoms with van der Waals surface area (Å²) in [6.07, 6.45) is 10.4. The fourth-order valence-corrected chi connectivity index (χ4v) is 4.06. The number of hydrogen-bond acceptors (Lipinski definition) is 6. The van der Waals surface area contributed by atoms with Crippen LogP contribution in [0, 0.1) is 12.8 Å². The van der Waals surface area contributed by atoms with Crippen molar-refractivity contribution in [2.24, 2.45) is 5.92 Å². The van der Waals surface area contributed by atoms with E-state index in [9.17, 15) is 0 Å². The molecule has 2 aliphatic rings. The minimum absolute atomic E-state index is 0.0547. The van der Waals surface area contributed by atoms with Gasteiger partial charge in [0.05, 0.1) is 24.1 Å². The molecule has 4 heterocycles. The Labute approximate surface area is 154 Å². The molecule has 2 fully saturated rings. The second-order valence-corrected chi connectivity index (χ2v) is 7.53. The molecular weight excluding hydrogens is 328 g/mol. The van der Waals surface area contributed by atoms with Gasteiger partial charge in [0.15, 0.2) is 0 Å². The molecule has 1 unspecified atom stereocenters. The van der Waals surface area contributed by atoms with Crippen molar-refractivity contribution in [2.45, 2.75) is 38.3 Å². The monoisotopic (exact) mass is 354 g/mol. The molecule has 0 radical (unpaired) electrons. The molecule has 6 nitrogen and oxygen atoms in total. The SMILES string of the molecule is Cc1cncc(OCCC2CCOC3(C2)CN(Cc2ccncc2)C3)n1. The van der Waals surface area contributed by atoms with E-state index < -0.39 is 0 Å². The lowest BCUT2D eigenvalue weighted by atomic mass is 9.79. The lowest BCUT2D eigenvalue weighted by molar-refractivity contribution is -0.182. The van der Waals surface area contributed by atoms with Crippen molar-refractivity contribution < 1.29 is 9.47 Å². The van der Waals surface area contributed by atoms with Gasteiger partial charge in [0.25, 0.3) is 0 Å². The normalized spacial score (nSPS) is 22.1. The van der Waals surface area contributed by atoms with E-state index in [4.69, 9.17) is 9.47 Å². The van der Waals surface area contributed by atoms with Gasteiger partial charge in [0.1, 0.15) is 0 Å². The van der Waals surface area contributed by atoms with Crippen LogP contribution in [0.3, 0.4) is 0 Å². The van der Waals surface area contributed by atoms with Crippen LogP contribution in [0.4, 0.5) is 0 Å². The Morgan fingerprint density at radius 3 is 2.88 bits per heavy atom. The summed E-state index contributed by atoms with van der Waals surface area (Å²) in [5, 5.41) is 0. The van der Waals surface area contributed by atoms with Gasteiger partial charge in [0, 0.05) is 44.8 Å². The van der Waals surface area contributed by atoms with Crippen molar-refractivity contribution >= 4 is 0 Å². The minimum atomic E-state index is 0.0547. The fourth-order valence-electron chi connectivity index (χ4n) is 4.06. The van der Waals surface area contributed by atoms with Crippen molar-refractivity contribution in [3.63, 3.8) is 0 Å². The summed E-state index contributed by atoms with van der Waals surface area (Å²) in [6, 6.07) is 4.17. The van der Waals surface area contributed by atoms with Crippen molar-refractivity contribution in [1.82, 2.24) is 19.9 Å². The zero-order valence-corrected chi connectivity index (χ0v) is 15.3. The molecule has 138 valence electrons. The van der Waals surface area contributed by atoms with Gasteiger partial charge in [0.2, 0.25) is 5.88 Å². The van der Waals surface area contributed by atoms with Gasteiger partial charge in [-0.15, -0.1) is 0 Å². The van der Waals surface area contributed by atoms with Gasteiger partial charge in [-0.3, -0.25) is 14.9 Å². The van der Waals surface area contributed by atoms with Crippen LogP contribution in [-0.4, -0.2) is 51.8 Å². The molecule has 0 bridgehead atoms. The summed E-state index contributed by atoms with van der Waals surface area (Å²) >= 11 is 0. The number of ether oxygens (including phenoxy) is 2. The standard InChI is InChI=1S/C20H26N4O2/c1-16-11-22-12-19(23-16)25-8-4-17-5-9-26-20(10-17)14-24(15-20)13-18-2-6-21-7-3-18/h2-3,6-7,11-12,17H,4-5,8-10,13-15H2,1H3. The molecule has 0 aromatic carbocycles. The first-order valence-corrected chi connectivity index (χ1v) is 9.37. The summed E-state index contributed by atoms with van der Waals surface area (Å²) in [7, 11) is 0. The molecule has 2 aromatic heterocycles. The molecule has 0 amide bonds. The maximum atomic E-state index is 6.16. The third kappa shape index (κ3) is 4.19. The van der Waals surface area contributed by atoms with Crippen LogP contribution >= 0.6 is 0 Å². The van der Waals surface area contributed by atoms with Crippen molar-refractivity contribution in [3.05, 3.63) is 48.2 Å². The summed E-state index contributed by atoms with van der Waals surface area (Å²) < 4.78 is 11.9. The predicted octanol–water partition coefficient (Wildman–Crippen LogP) is 2.63. The lowest BCUT2D eigenvalue weighted by Crippen LogP contribution is -2.64. The van der Waals surface area contributed by atoms with Crippen LogP contribution in [0.5, 0.6) is 5.88 Å². The van der Waals surface area contributed by atoms with E-state index in [2.05, 4.69) is 32.0 Å². The highest BCUT2D eigenvalue weighted by Gasteiger charge is 2.47. The summed E-state index contributed by atoms with van der Waals surface area (Å²) in [5.41, 5.74) is 2.25. The summed E-state index contributed by atoms with van der Waals surface area (Å²) in [4.78, 5) is 15.0. The van der Waals surface area contributed by atoms with E-state index in [-0.39, 0.29) is 5.60 Å². The summed E-state index contributed by atoms with van der Waals surface area (Å²) in [6.45, 7) is 6.51. The van der Waals surface area contributed by atoms with E-state index in [0.29, 0.717) is 18.4 Å². The molecule has 2 saturated heterocycles. The van der Waals surface area contributed by atoms with Crippen LogP contribution in [0.15, 0.2) is 36.9 Å². The van der Waals surface area contributed by atoms with Crippen molar-refractivity contribution in [1.29, 1.82) is 0 Å². The van der Waals surface area contributed by atoms with Gasteiger partial charge in [-0.05, 0) is 49.8 Å². The number of pyridine rings is 1. The molecular formula is C20H26N4O2. The second kappa shape index (κ2) is 7.68. The molecule has 4 rings (SSSR count). The van der Waals surface area contributed by atoms with Crippen LogP contribution < -0.4 is 4.74 Å². The van der Waals surface area contributed by atoms with Crippen molar-refractivity contribution in [2.75, 3.05) is 26.3 Å².